The van der Waals surface area contributed by atoms with Gasteiger partial charge < -0.3 is 63.2 Å². The van der Waals surface area contributed by atoms with Crippen LogP contribution in [0.2, 0.25) is 5.02 Å². The van der Waals surface area contributed by atoms with Crippen LogP contribution in [0.25, 0.3) is 0 Å². The zero-order valence-electron chi connectivity index (χ0n) is 46.0. The van der Waals surface area contributed by atoms with E-state index in [1.54, 1.807) is 45.2 Å². The Morgan fingerprint density at radius 1 is 1.04 bits per heavy atom. The number of aliphatic hydroxyl groups is 1. The maximum atomic E-state index is 14.3. The largest absolute Gasteiger partial charge is 0.495 e. The van der Waals surface area contributed by atoms with Crippen molar-refractivity contribution in [3.63, 3.8) is 0 Å². The van der Waals surface area contributed by atoms with Gasteiger partial charge in [0.15, 0.2) is 5.72 Å². The molecule has 0 spiro atoms. The van der Waals surface area contributed by atoms with Crippen LogP contribution in [0.3, 0.4) is 0 Å². The summed E-state index contributed by atoms with van der Waals surface area (Å²) in [6, 6.07) is 2.41. The van der Waals surface area contributed by atoms with Gasteiger partial charge in [0.05, 0.1) is 71.2 Å². The SMILES string of the molecule is COc1cc2cc(c1Cl)N(C)C(=O)C[C@H](OC(=O)[C@@H](C)N(C)C(=O)CCOCCOCCNC(=O)C(CCC(=O)O)CC(=O)OCC1[C@H]3CCC#CCC[C@@H]13)[C@]1(C)O[C@H]1[C@H](C)[C@@H]1C[C@@](O)(NC(=O)O1)[C@H](OC)/C=C/C=C(\C)C2. The number of methoxy groups -OCH3 is 2. The summed E-state index contributed by atoms with van der Waals surface area (Å²) < 4.78 is 46.1. The fourth-order valence-corrected chi connectivity index (χ4v) is 10.9. The molecule has 3 fully saturated rings. The molecule has 2 aliphatic carbocycles. The van der Waals surface area contributed by atoms with Crippen LogP contribution < -0.4 is 20.3 Å². The Labute approximate surface area is 461 Å². The first-order valence-corrected chi connectivity index (χ1v) is 27.1. The summed E-state index contributed by atoms with van der Waals surface area (Å²) in [5, 5.41) is 26.5. The number of halogens is 1. The summed E-state index contributed by atoms with van der Waals surface area (Å²) in [5.41, 5.74) is -1.18. The molecule has 4 bridgehead atoms. The number of ether oxygens (including phenoxy) is 8. The number of anilines is 1. The van der Waals surface area contributed by atoms with Crippen molar-refractivity contribution in [1.29, 1.82) is 0 Å². The molecule has 3 heterocycles. The van der Waals surface area contributed by atoms with E-state index in [4.69, 9.17) is 49.5 Å². The average Bonchev–Trinajstić information content (AvgIpc) is 4.40. The molecule has 4 amide bonds. The number of benzene rings is 1. The number of carboxylic acid groups (broad SMARTS) is 1. The van der Waals surface area contributed by atoms with Crippen molar-refractivity contribution < 1.29 is 81.7 Å². The maximum absolute atomic E-state index is 14.3. The molecule has 0 radical (unpaired) electrons. The van der Waals surface area contributed by atoms with Crippen LogP contribution in [0.4, 0.5) is 10.5 Å². The van der Waals surface area contributed by atoms with Crippen LogP contribution in [0.5, 0.6) is 5.75 Å². The number of carbonyl (C=O) groups excluding carboxylic acids is 6. The molecule has 22 heteroatoms. The molecule has 430 valence electrons. The van der Waals surface area contributed by atoms with Gasteiger partial charge in [-0.15, -0.1) is 11.8 Å². The number of likely N-dealkylation sites (N-methyl/N-ethyl adjacent to an activating group) is 1. The van der Waals surface area contributed by atoms with Crippen molar-refractivity contribution in [1.82, 2.24) is 15.5 Å². The Hall–Kier alpha value is -5.76. The van der Waals surface area contributed by atoms with Gasteiger partial charge in [0.1, 0.15) is 40.7 Å². The summed E-state index contributed by atoms with van der Waals surface area (Å²) in [7, 11) is 5.87. The van der Waals surface area contributed by atoms with E-state index < -0.39 is 95.3 Å². The minimum Gasteiger partial charge on any atom is -0.495 e. The second-order valence-corrected chi connectivity index (χ2v) is 21.5. The fourth-order valence-electron chi connectivity index (χ4n) is 10.6. The Bertz CT molecular complexity index is 2460. The molecule has 12 atom stereocenters. The lowest BCUT2D eigenvalue weighted by Crippen LogP contribution is -2.63. The number of allylic oxidation sites excluding steroid dienone is 3. The topological polar surface area (TPSA) is 268 Å². The predicted octanol–water partition coefficient (Wildman–Crippen LogP) is 4.91. The summed E-state index contributed by atoms with van der Waals surface area (Å²) in [5.74, 6) is 2.61. The molecular formula is C56H77ClN4O17. The van der Waals surface area contributed by atoms with Crippen LogP contribution in [0, 0.1) is 41.4 Å². The van der Waals surface area contributed by atoms with Crippen molar-refractivity contribution >= 4 is 59.0 Å². The zero-order chi connectivity index (χ0) is 56.9. The first kappa shape index (κ1) is 61.5. The first-order valence-electron chi connectivity index (χ1n) is 26.7. The molecule has 2 unspecified atom stereocenters. The van der Waals surface area contributed by atoms with E-state index in [1.807, 2.05) is 13.0 Å². The number of hydrogen-bond acceptors (Lipinski definition) is 16. The second-order valence-electron chi connectivity index (χ2n) is 21.1. The fraction of sp³-hybridized carbons (Fsp3) is 0.661. The van der Waals surface area contributed by atoms with Gasteiger partial charge in [-0.1, -0.05) is 42.3 Å². The summed E-state index contributed by atoms with van der Waals surface area (Å²) in [4.78, 5) is 94.4. The number of hydrogen-bond donors (Lipinski definition) is 4. The normalized spacial score (nSPS) is 29.5. The minimum atomic E-state index is -1.88. The van der Waals surface area contributed by atoms with Crippen molar-refractivity contribution in [3.05, 3.63) is 46.5 Å². The van der Waals surface area contributed by atoms with Crippen molar-refractivity contribution in [2.75, 3.05) is 72.8 Å². The van der Waals surface area contributed by atoms with E-state index >= 15 is 0 Å². The molecule has 0 aromatic heterocycles. The number of alkyl carbamates (subject to hydrolysis) is 1. The number of nitrogens with one attached hydrogen (secondary N) is 2. The highest BCUT2D eigenvalue weighted by Gasteiger charge is 2.64. The Morgan fingerprint density at radius 3 is 2.40 bits per heavy atom. The number of rotatable bonds is 22. The average molecular weight is 1110 g/mol. The van der Waals surface area contributed by atoms with Gasteiger partial charge in [0, 0.05) is 65.3 Å². The van der Waals surface area contributed by atoms with Crippen LogP contribution in [0.15, 0.2) is 35.9 Å². The van der Waals surface area contributed by atoms with Gasteiger partial charge in [0.25, 0.3) is 0 Å². The van der Waals surface area contributed by atoms with E-state index in [0.29, 0.717) is 29.7 Å². The summed E-state index contributed by atoms with van der Waals surface area (Å²) in [6.07, 6.45) is 3.39. The quantitative estimate of drug-likeness (QED) is 0.0395. The molecule has 21 nitrogen and oxygen atoms in total. The van der Waals surface area contributed by atoms with Crippen LogP contribution in [0.1, 0.15) is 97.5 Å². The van der Waals surface area contributed by atoms with E-state index in [1.165, 1.54) is 38.0 Å². The molecule has 5 aliphatic rings. The predicted molar refractivity (Wildman–Crippen MR) is 283 cm³/mol. The second kappa shape index (κ2) is 27.9. The number of aliphatic carboxylic acids is 1. The van der Waals surface area contributed by atoms with Crippen LogP contribution in [-0.4, -0.2) is 167 Å². The third kappa shape index (κ3) is 16.2. The summed E-state index contributed by atoms with van der Waals surface area (Å²) in [6.45, 7) is 7.53. The molecule has 1 aromatic carbocycles. The molecule has 3 aliphatic heterocycles. The van der Waals surface area contributed by atoms with E-state index in [0.717, 1.165) is 36.8 Å². The van der Waals surface area contributed by atoms with Gasteiger partial charge in [-0.05, 0) is 81.9 Å². The lowest BCUT2D eigenvalue weighted by molar-refractivity contribution is -0.162. The lowest BCUT2D eigenvalue weighted by Gasteiger charge is -2.42. The number of amides is 4. The van der Waals surface area contributed by atoms with Gasteiger partial charge in [-0.2, -0.15) is 0 Å². The number of carboxylic acids is 1. The molecule has 1 saturated carbocycles. The van der Waals surface area contributed by atoms with Gasteiger partial charge in [-0.3, -0.25) is 29.3 Å². The Kier molecular flexibility index (Phi) is 22.0. The summed E-state index contributed by atoms with van der Waals surface area (Å²) >= 11 is 6.81. The van der Waals surface area contributed by atoms with E-state index in [-0.39, 0.29) is 89.0 Å². The number of carbonyl (C=O) groups is 7. The highest BCUT2D eigenvalue weighted by molar-refractivity contribution is 6.35. The maximum Gasteiger partial charge on any atom is 0.409 e. The molecule has 1 aromatic rings. The molecule has 4 N–H and O–H groups in total. The highest BCUT2D eigenvalue weighted by atomic mass is 35.5. The Balaban J connectivity index is 0.998. The number of esters is 2. The Morgan fingerprint density at radius 2 is 1.73 bits per heavy atom. The van der Waals surface area contributed by atoms with Crippen LogP contribution in [-0.2, 0) is 68.3 Å². The van der Waals surface area contributed by atoms with Gasteiger partial charge in [-0.25, -0.2) is 9.59 Å². The van der Waals surface area contributed by atoms with E-state index in [2.05, 4.69) is 22.5 Å². The monoisotopic (exact) mass is 1110 g/mol. The standard InChI is InChI=1S/C56H77ClN4O17/c1-33-14-13-17-44(72-8)56(70)31-43(76-54(69)59-56)34(2)51-55(4,78-51)45(30-47(63)61(6)41-27-36(26-33)28-42(71-7)50(41)57)77-53(68)35(3)60(5)46(62)20-22-73-24-25-74-23-21-58-52(67)37(18-19-48(64)65)29-49(66)75-32-40-38-15-11-9-10-12-16-39(38)40/h13-14,17,27-28,34-35,37-40,43-45,51,70H,11-12,15-16,18-26,29-32H2,1-8H3,(H,58,67)(H,59,69)(H,64,65)/b17-13+,33-14+/t34-,35-,37?,38-,39+,40?,43+,44-,45+,51+,55+,56+/m1/s1. The van der Waals surface area contributed by atoms with E-state index in [9.17, 15) is 43.8 Å². The van der Waals surface area contributed by atoms with Crippen molar-refractivity contribution in [3.8, 4) is 17.6 Å². The zero-order valence-corrected chi connectivity index (χ0v) is 46.7. The van der Waals surface area contributed by atoms with Crippen molar-refractivity contribution in [2.24, 2.45) is 29.6 Å². The first-order chi connectivity index (χ1) is 37.1. The third-order valence-corrected chi connectivity index (χ3v) is 16.0. The molecule has 6 rings (SSSR count). The third-order valence-electron chi connectivity index (χ3n) is 15.7. The highest BCUT2D eigenvalue weighted by Crippen LogP contribution is 2.53. The number of epoxide rings is 1. The van der Waals surface area contributed by atoms with Gasteiger partial charge >= 0.3 is 24.0 Å². The lowest BCUT2D eigenvalue weighted by atomic mass is 9.83. The van der Waals surface area contributed by atoms with Crippen molar-refractivity contribution in [2.45, 2.75) is 140 Å². The molecule has 78 heavy (non-hydrogen) atoms. The molecular weight excluding hydrogens is 1040 g/mol. The number of fused-ring (bicyclic) bond motifs is 6. The van der Waals surface area contributed by atoms with Gasteiger partial charge in [0.2, 0.25) is 17.7 Å². The molecule has 2 saturated heterocycles. The van der Waals surface area contributed by atoms with Crippen LogP contribution >= 0.6 is 11.6 Å². The number of nitrogens with zero attached hydrogens (tertiary/aromatic N) is 2. The smallest absolute Gasteiger partial charge is 0.409 e. The minimum absolute atomic E-state index is 0.0139.